The van der Waals surface area contributed by atoms with Gasteiger partial charge in [0.25, 0.3) is 5.91 Å². The van der Waals surface area contributed by atoms with Crippen molar-refractivity contribution in [1.29, 1.82) is 0 Å². The number of amides is 1. The van der Waals surface area contributed by atoms with Crippen LogP contribution in [-0.4, -0.2) is 5.91 Å². The minimum Gasteiger partial charge on any atom is -0.399 e. The number of nitrogen functional groups attached to an aromatic ring is 1. The van der Waals surface area contributed by atoms with Gasteiger partial charge in [-0.2, -0.15) is 0 Å². The van der Waals surface area contributed by atoms with Gasteiger partial charge in [-0.25, -0.2) is 0 Å². The van der Waals surface area contributed by atoms with Crippen LogP contribution >= 0.6 is 0 Å². The molecule has 1 atom stereocenters. The molecule has 0 unspecified atom stereocenters. The maximum Gasteiger partial charge on any atom is 0.251 e. The Morgan fingerprint density at radius 2 is 1.74 bits per heavy atom. The highest BCUT2D eigenvalue weighted by molar-refractivity contribution is 5.94. The summed E-state index contributed by atoms with van der Waals surface area (Å²) in [5.41, 5.74) is 8.02. The van der Waals surface area contributed by atoms with Gasteiger partial charge >= 0.3 is 0 Å². The summed E-state index contributed by atoms with van der Waals surface area (Å²) >= 11 is 0. The van der Waals surface area contributed by atoms with E-state index >= 15 is 0 Å². The molecule has 0 heterocycles. The first-order valence-corrected chi connectivity index (χ1v) is 6.42. The largest absolute Gasteiger partial charge is 0.399 e. The van der Waals surface area contributed by atoms with Gasteiger partial charge in [-0.15, -0.1) is 0 Å². The number of carbonyl (C=O) groups is 1. The normalized spacial score (nSPS) is 11.8. The Bertz CT molecular complexity index is 534. The second-order valence-electron chi connectivity index (χ2n) is 4.47. The molecular formula is C16H18N2O. The monoisotopic (exact) mass is 254 g/mol. The van der Waals surface area contributed by atoms with Crippen molar-refractivity contribution in [2.75, 3.05) is 5.73 Å². The van der Waals surface area contributed by atoms with E-state index in [9.17, 15) is 4.79 Å². The summed E-state index contributed by atoms with van der Waals surface area (Å²) in [4.78, 5) is 12.1. The smallest absolute Gasteiger partial charge is 0.251 e. The van der Waals surface area contributed by atoms with Crippen molar-refractivity contribution in [2.24, 2.45) is 0 Å². The van der Waals surface area contributed by atoms with E-state index in [1.54, 1.807) is 24.3 Å². The lowest BCUT2D eigenvalue weighted by Gasteiger charge is -2.17. The molecule has 0 aliphatic carbocycles. The summed E-state index contributed by atoms with van der Waals surface area (Å²) in [5.74, 6) is -0.0734. The van der Waals surface area contributed by atoms with Crippen molar-refractivity contribution in [3.05, 3.63) is 65.7 Å². The molecule has 0 saturated heterocycles. The molecule has 0 aliphatic heterocycles. The van der Waals surface area contributed by atoms with Crippen LogP contribution in [0.15, 0.2) is 54.6 Å². The van der Waals surface area contributed by atoms with E-state index < -0.39 is 0 Å². The molecule has 0 fully saturated rings. The number of benzene rings is 2. The Morgan fingerprint density at radius 1 is 1.11 bits per heavy atom. The Morgan fingerprint density at radius 3 is 2.32 bits per heavy atom. The summed E-state index contributed by atoms with van der Waals surface area (Å²) in [6.07, 6.45) is 0.852. The van der Waals surface area contributed by atoms with Crippen molar-refractivity contribution in [1.82, 2.24) is 5.32 Å². The maximum atomic E-state index is 12.1. The highest BCUT2D eigenvalue weighted by Crippen LogP contribution is 2.17. The molecule has 2 aromatic carbocycles. The van der Waals surface area contributed by atoms with Crippen LogP contribution in [-0.2, 0) is 0 Å². The summed E-state index contributed by atoms with van der Waals surface area (Å²) < 4.78 is 0. The molecule has 0 radical (unpaired) electrons. The Kier molecular flexibility index (Phi) is 4.18. The fourth-order valence-corrected chi connectivity index (χ4v) is 1.98. The standard InChI is InChI=1S/C16H18N2O/c1-2-15(12-6-4-3-5-7-12)18-16(19)13-8-10-14(17)11-9-13/h3-11,15H,2,17H2,1H3,(H,18,19)/t15-/m0/s1. The zero-order chi connectivity index (χ0) is 13.7. The predicted molar refractivity (Wildman–Crippen MR) is 77.8 cm³/mol. The predicted octanol–water partition coefficient (Wildman–Crippen LogP) is 3.15. The van der Waals surface area contributed by atoms with E-state index in [1.165, 1.54) is 0 Å². The van der Waals surface area contributed by atoms with Crippen LogP contribution in [0.4, 0.5) is 5.69 Å². The minimum absolute atomic E-state index is 0.0336. The fraction of sp³-hybridized carbons (Fsp3) is 0.188. The number of hydrogen-bond acceptors (Lipinski definition) is 2. The van der Waals surface area contributed by atoms with Gasteiger partial charge in [0.15, 0.2) is 0 Å². The van der Waals surface area contributed by atoms with Gasteiger partial charge in [-0.05, 0) is 36.2 Å². The van der Waals surface area contributed by atoms with Crippen molar-refractivity contribution in [3.8, 4) is 0 Å². The molecule has 0 aromatic heterocycles. The Balaban J connectivity index is 2.10. The second kappa shape index (κ2) is 6.05. The molecule has 19 heavy (non-hydrogen) atoms. The van der Waals surface area contributed by atoms with E-state index in [4.69, 9.17) is 5.73 Å². The molecule has 0 bridgehead atoms. The Hall–Kier alpha value is -2.29. The van der Waals surface area contributed by atoms with E-state index in [-0.39, 0.29) is 11.9 Å². The third-order valence-electron chi connectivity index (χ3n) is 3.09. The number of anilines is 1. The van der Waals surface area contributed by atoms with Gasteiger partial charge in [-0.1, -0.05) is 37.3 Å². The van der Waals surface area contributed by atoms with Crippen molar-refractivity contribution >= 4 is 11.6 Å². The Labute approximate surface area is 113 Å². The maximum absolute atomic E-state index is 12.1. The van der Waals surface area contributed by atoms with Crippen LogP contribution in [0.25, 0.3) is 0 Å². The van der Waals surface area contributed by atoms with E-state index in [0.29, 0.717) is 11.3 Å². The van der Waals surface area contributed by atoms with Crippen molar-refractivity contribution in [3.63, 3.8) is 0 Å². The third-order valence-corrected chi connectivity index (χ3v) is 3.09. The van der Waals surface area contributed by atoms with E-state index in [1.807, 2.05) is 30.3 Å². The highest BCUT2D eigenvalue weighted by atomic mass is 16.1. The first-order chi connectivity index (χ1) is 9.20. The molecular weight excluding hydrogens is 236 g/mol. The van der Waals surface area contributed by atoms with Gasteiger partial charge < -0.3 is 11.1 Å². The first-order valence-electron chi connectivity index (χ1n) is 6.42. The van der Waals surface area contributed by atoms with Crippen LogP contribution in [0.1, 0.15) is 35.3 Å². The number of nitrogens with one attached hydrogen (secondary N) is 1. The van der Waals surface area contributed by atoms with Crippen LogP contribution in [0.3, 0.4) is 0 Å². The van der Waals surface area contributed by atoms with E-state index in [0.717, 1.165) is 12.0 Å². The van der Waals surface area contributed by atoms with E-state index in [2.05, 4.69) is 12.2 Å². The van der Waals surface area contributed by atoms with Gasteiger partial charge in [0.05, 0.1) is 6.04 Å². The molecule has 3 heteroatoms. The summed E-state index contributed by atoms with van der Waals surface area (Å²) in [7, 11) is 0. The average molecular weight is 254 g/mol. The zero-order valence-electron chi connectivity index (χ0n) is 11.0. The molecule has 3 N–H and O–H groups in total. The van der Waals surface area contributed by atoms with Crippen LogP contribution in [0, 0.1) is 0 Å². The fourth-order valence-electron chi connectivity index (χ4n) is 1.98. The number of rotatable bonds is 4. The number of nitrogens with two attached hydrogens (primary N) is 1. The van der Waals surface area contributed by atoms with Gasteiger partial charge in [0, 0.05) is 11.3 Å². The quantitative estimate of drug-likeness (QED) is 0.823. The number of hydrogen-bond donors (Lipinski definition) is 2. The van der Waals surface area contributed by atoms with Crippen LogP contribution in [0.2, 0.25) is 0 Å². The average Bonchev–Trinajstić information content (AvgIpc) is 2.46. The molecule has 3 nitrogen and oxygen atoms in total. The first kappa shape index (κ1) is 13.1. The lowest BCUT2D eigenvalue weighted by Crippen LogP contribution is -2.28. The summed E-state index contributed by atoms with van der Waals surface area (Å²) in [5, 5.41) is 3.04. The SMILES string of the molecule is CC[C@H](NC(=O)c1ccc(N)cc1)c1ccccc1. The number of carbonyl (C=O) groups excluding carboxylic acids is 1. The van der Waals surface area contributed by atoms with Crippen molar-refractivity contribution in [2.45, 2.75) is 19.4 Å². The molecule has 98 valence electrons. The second-order valence-corrected chi connectivity index (χ2v) is 4.47. The zero-order valence-corrected chi connectivity index (χ0v) is 11.0. The van der Waals surface area contributed by atoms with Gasteiger partial charge in [-0.3, -0.25) is 4.79 Å². The minimum atomic E-state index is -0.0734. The molecule has 0 spiro atoms. The highest BCUT2D eigenvalue weighted by Gasteiger charge is 2.13. The van der Waals surface area contributed by atoms with Crippen molar-refractivity contribution < 1.29 is 4.79 Å². The molecule has 0 aliphatic rings. The topological polar surface area (TPSA) is 55.1 Å². The lowest BCUT2D eigenvalue weighted by molar-refractivity contribution is 0.0935. The van der Waals surface area contributed by atoms with Crippen LogP contribution in [0.5, 0.6) is 0 Å². The van der Waals surface area contributed by atoms with Crippen LogP contribution < -0.4 is 11.1 Å². The molecule has 0 saturated carbocycles. The molecule has 2 rings (SSSR count). The summed E-state index contributed by atoms with van der Waals surface area (Å²) in [6.45, 7) is 2.06. The molecule has 1 amide bonds. The lowest BCUT2D eigenvalue weighted by atomic mass is 10.0. The van der Waals surface area contributed by atoms with Gasteiger partial charge in [0.1, 0.15) is 0 Å². The molecule has 2 aromatic rings. The third kappa shape index (κ3) is 3.35. The van der Waals surface area contributed by atoms with Gasteiger partial charge in [0.2, 0.25) is 0 Å². The summed E-state index contributed by atoms with van der Waals surface area (Å²) in [6, 6.07) is 17.0.